The largest absolute Gasteiger partial charge is 0.354 e. The molecule has 2 amide bonds. The van der Waals surface area contributed by atoms with Gasteiger partial charge < -0.3 is 10.2 Å². The quantitative estimate of drug-likeness (QED) is 0.167. The molecule has 0 saturated carbocycles. The van der Waals surface area contributed by atoms with E-state index in [0.29, 0.717) is 27.3 Å². The highest BCUT2D eigenvalue weighted by Crippen LogP contribution is 2.28. The van der Waals surface area contributed by atoms with Crippen molar-refractivity contribution in [2.45, 2.75) is 44.2 Å². The molecule has 0 aromatic heterocycles. The molecule has 44 heavy (non-hydrogen) atoms. The lowest BCUT2D eigenvalue weighted by molar-refractivity contribution is -0.140. The minimum atomic E-state index is -4.17. The molecule has 4 aromatic carbocycles. The summed E-state index contributed by atoms with van der Waals surface area (Å²) in [5.41, 5.74) is 2.79. The molecule has 0 fully saturated rings. The number of hydrogen-bond acceptors (Lipinski definition) is 4. The van der Waals surface area contributed by atoms with Crippen molar-refractivity contribution >= 4 is 55.1 Å². The topological polar surface area (TPSA) is 86.8 Å². The molecule has 0 radical (unpaired) electrons. The summed E-state index contributed by atoms with van der Waals surface area (Å²) in [6.07, 6.45) is 0.960. The van der Waals surface area contributed by atoms with E-state index >= 15 is 0 Å². The van der Waals surface area contributed by atoms with Crippen molar-refractivity contribution in [1.82, 2.24) is 10.2 Å². The van der Waals surface area contributed by atoms with Crippen LogP contribution in [-0.2, 0) is 32.6 Å². The van der Waals surface area contributed by atoms with E-state index in [4.69, 9.17) is 11.6 Å². The van der Waals surface area contributed by atoms with E-state index in [1.165, 1.54) is 17.0 Å². The molecule has 4 rings (SSSR count). The van der Waals surface area contributed by atoms with E-state index in [1.807, 2.05) is 50.2 Å². The van der Waals surface area contributed by atoms with Gasteiger partial charge in [-0.15, -0.1) is 0 Å². The van der Waals surface area contributed by atoms with Gasteiger partial charge in [0.25, 0.3) is 10.0 Å². The summed E-state index contributed by atoms with van der Waals surface area (Å²) in [6, 6.07) is 28.9. The first kappa shape index (κ1) is 33.2. The SMILES string of the molecule is CCCNC(=O)[C@H](Cc1ccccc1)N(Cc1cccc(Cl)c1)C(=O)CN(c1cccc(Br)c1)S(=O)(=O)c1ccc(C)cc1. The maximum Gasteiger partial charge on any atom is 0.264 e. The van der Waals surface area contributed by atoms with E-state index < -0.39 is 28.5 Å². The van der Waals surface area contributed by atoms with Gasteiger partial charge in [0.2, 0.25) is 11.8 Å². The zero-order chi connectivity index (χ0) is 31.7. The highest BCUT2D eigenvalue weighted by atomic mass is 79.9. The number of nitrogens with one attached hydrogen (secondary N) is 1. The van der Waals surface area contributed by atoms with Crippen LogP contribution >= 0.6 is 27.5 Å². The van der Waals surface area contributed by atoms with Crippen molar-refractivity contribution in [1.29, 1.82) is 0 Å². The molecule has 0 saturated heterocycles. The van der Waals surface area contributed by atoms with Gasteiger partial charge in [-0.3, -0.25) is 13.9 Å². The van der Waals surface area contributed by atoms with Gasteiger partial charge in [-0.05, 0) is 66.9 Å². The monoisotopic (exact) mass is 695 g/mol. The summed E-state index contributed by atoms with van der Waals surface area (Å²) in [4.78, 5) is 29.6. The molecule has 0 bridgehead atoms. The number of nitrogens with zero attached hydrogens (tertiary/aromatic N) is 2. The molecule has 0 aliphatic carbocycles. The summed E-state index contributed by atoms with van der Waals surface area (Å²) in [6.45, 7) is 3.78. The Bertz CT molecular complexity index is 1680. The zero-order valence-electron chi connectivity index (χ0n) is 24.6. The fraction of sp³-hybridized carbons (Fsp3) is 0.235. The second-order valence-corrected chi connectivity index (χ2v) is 13.7. The number of sulfonamides is 1. The van der Waals surface area contributed by atoms with E-state index in [9.17, 15) is 18.0 Å². The molecule has 0 heterocycles. The fourth-order valence-electron chi connectivity index (χ4n) is 4.75. The number of rotatable bonds is 13. The number of carbonyl (C=O) groups is 2. The third-order valence-corrected chi connectivity index (χ3v) is 9.56. The first-order valence-electron chi connectivity index (χ1n) is 14.3. The van der Waals surface area contributed by atoms with E-state index in [2.05, 4.69) is 21.2 Å². The summed E-state index contributed by atoms with van der Waals surface area (Å²) in [5.74, 6) is -0.852. The van der Waals surface area contributed by atoms with Gasteiger partial charge in [-0.25, -0.2) is 8.42 Å². The van der Waals surface area contributed by atoms with E-state index in [1.54, 1.807) is 54.6 Å². The second kappa shape index (κ2) is 15.4. The molecule has 4 aromatic rings. The van der Waals surface area contributed by atoms with Crippen LogP contribution < -0.4 is 9.62 Å². The lowest BCUT2D eigenvalue weighted by Crippen LogP contribution is -2.53. The predicted molar refractivity (Wildman–Crippen MR) is 179 cm³/mol. The molecule has 1 N–H and O–H groups in total. The van der Waals surface area contributed by atoms with Crippen LogP contribution in [0.2, 0.25) is 5.02 Å². The van der Waals surface area contributed by atoms with Gasteiger partial charge in [-0.2, -0.15) is 0 Å². The van der Waals surface area contributed by atoms with Crippen LogP contribution in [0.4, 0.5) is 5.69 Å². The van der Waals surface area contributed by atoms with Crippen LogP contribution in [0.15, 0.2) is 112 Å². The van der Waals surface area contributed by atoms with Crippen molar-refractivity contribution in [3.8, 4) is 0 Å². The van der Waals surface area contributed by atoms with Crippen LogP contribution in [0.25, 0.3) is 0 Å². The average Bonchev–Trinajstić information content (AvgIpc) is 3.01. The Morgan fingerprint density at radius 1 is 0.886 bits per heavy atom. The Morgan fingerprint density at radius 3 is 2.23 bits per heavy atom. The number of amides is 2. The Morgan fingerprint density at radius 2 is 1.57 bits per heavy atom. The highest BCUT2D eigenvalue weighted by Gasteiger charge is 2.34. The van der Waals surface area contributed by atoms with Gasteiger partial charge in [0.1, 0.15) is 12.6 Å². The number of carbonyl (C=O) groups excluding carboxylic acids is 2. The lowest BCUT2D eigenvalue weighted by atomic mass is 10.0. The molecule has 0 spiro atoms. The van der Waals surface area contributed by atoms with Crippen LogP contribution in [0.5, 0.6) is 0 Å². The normalized spacial score (nSPS) is 11.9. The number of hydrogen-bond donors (Lipinski definition) is 1. The molecule has 230 valence electrons. The van der Waals surface area contributed by atoms with Crippen molar-refractivity contribution in [3.05, 3.63) is 129 Å². The van der Waals surface area contributed by atoms with E-state index in [0.717, 1.165) is 21.9 Å². The van der Waals surface area contributed by atoms with Gasteiger partial charge >= 0.3 is 0 Å². The van der Waals surface area contributed by atoms with Crippen molar-refractivity contribution < 1.29 is 18.0 Å². The summed E-state index contributed by atoms with van der Waals surface area (Å²) in [5, 5.41) is 3.43. The second-order valence-electron chi connectivity index (χ2n) is 10.5. The van der Waals surface area contributed by atoms with Crippen molar-refractivity contribution in [3.63, 3.8) is 0 Å². The summed E-state index contributed by atoms with van der Waals surface area (Å²) >= 11 is 9.72. The maximum absolute atomic E-state index is 14.4. The van der Waals surface area contributed by atoms with Gasteiger partial charge in [0.05, 0.1) is 10.6 Å². The minimum absolute atomic E-state index is 0.0490. The van der Waals surface area contributed by atoms with Gasteiger partial charge in [-0.1, -0.05) is 101 Å². The third-order valence-electron chi connectivity index (χ3n) is 7.05. The fourth-order valence-corrected chi connectivity index (χ4v) is 6.76. The number of anilines is 1. The number of halogens is 2. The summed E-state index contributed by atoms with van der Waals surface area (Å²) < 4.78 is 29.9. The zero-order valence-corrected chi connectivity index (χ0v) is 27.8. The number of benzene rings is 4. The van der Waals surface area contributed by atoms with Gasteiger partial charge in [0, 0.05) is 29.0 Å². The maximum atomic E-state index is 14.4. The van der Waals surface area contributed by atoms with Crippen LogP contribution in [0.3, 0.4) is 0 Å². The predicted octanol–water partition coefficient (Wildman–Crippen LogP) is 6.77. The average molecular weight is 697 g/mol. The molecule has 0 unspecified atom stereocenters. The Kier molecular flexibility index (Phi) is 11.6. The van der Waals surface area contributed by atoms with Crippen LogP contribution in [-0.4, -0.2) is 44.3 Å². The number of aryl methyl sites for hydroxylation is 1. The third kappa shape index (κ3) is 8.71. The first-order chi connectivity index (χ1) is 21.1. The van der Waals surface area contributed by atoms with Crippen LogP contribution in [0.1, 0.15) is 30.0 Å². The van der Waals surface area contributed by atoms with E-state index in [-0.39, 0.29) is 23.8 Å². The first-order valence-corrected chi connectivity index (χ1v) is 16.9. The Balaban J connectivity index is 1.80. The Hall–Kier alpha value is -3.66. The lowest BCUT2D eigenvalue weighted by Gasteiger charge is -2.34. The Labute approximate surface area is 273 Å². The molecular weight excluding hydrogens is 662 g/mol. The van der Waals surface area contributed by atoms with Crippen molar-refractivity contribution in [2.75, 3.05) is 17.4 Å². The standard InChI is InChI=1S/C34H35BrClN3O4S/c1-3-19-37-34(41)32(21-26-9-5-4-6-10-26)38(23-27-11-7-13-29(36)20-27)33(40)24-39(30-14-8-12-28(35)22-30)44(42,43)31-17-15-25(2)16-18-31/h4-18,20,22,32H,3,19,21,23-24H2,1-2H3,(H,37,41)/t32-/m0/s1. The molecule has 1 atom stereocenters. The summed E-state index contributed by atoms with van der Waals surface area (Å²) in [7, 11) is -4.17. The molecule has 0 aliphatic rings. The molecule has 0 aliphatic heterocycles. The minimum Gasteiger partial charge on any atom is -0.354 e. The van der Waals surface area contributed by atoms with Gasteiger partial charge in [0.15, 0.2) is 0 Å². The molecule has 10 heteroatoms. The molecule has 7 nitrogen and oxygen atoms in total. The van der Waals surface area contributed by atoms with Crippen LogP contribution in [0, 0.1) is 6.92 Å². The highest BCUT2D eigenvalue weighted by molar-refractivity contribution is 9.10. The molecular formula is C34H35BrClN3O4S. The van der Waals surface area contributed by atoms with Crippen molar-refractivity contribution in [2.24, 2.45) is 0 Å². The smallest absolute Gasteiger partial charge is 0.264 e.